The van der Waals surface area contributed by atoms with Gasteiger partial charge in [-0.2, -0.15) is 0 Å². The zero-order valence-corrected chi connectivity index (χ0v) is 10.1. The van der Waals surface area contributed by atoms with Crippen LogP contribution in [0.1, 0.15) is 24.2 Å². The van der Waals surface area contributed by atoms with Crippen molar-refractivity contribution in [3.8, 4) is 11.5 Å². The Kier molecular flexibility index (Phi) is 3.83. The number of aliphatic hydroxyl groups excluding tert-OH is 1. The second kappa shape index (κ2) is 4.73. The van der Waals surface area contributed by atoms with Crippen LogP contribution in [0.5, 0.6) is 11.5 Å². The molecule has 1 aromatic carbocycles. The van der Waals surface area contributed by atoms with Crippen LogP contribution in [0.4, 0.5) is 0 Å². The van der Waals surface area contributed by atoms with E-state index in [0.717, 1.165) is 5.56 Å². The smallest absolute Gasteiger partial charge is 0.143 e. The molecule has 0 saturated heterocycles. The standard InChI is InChI=1S/C11H15ClO3/c1-6-9(14-3)5-8(7(2)13)11(15-4)10(6)12/h5,7,13H,1-4H3. The average molecular weight is 231 g/mol. The highest BCUT2D eigenvalue weighted by atomic mass is 35.5. The minimum absolute atomic E-state index is 0.479. The maximum Gasteiger partial charge on any atom is 0.143 e. The number of aliphatic hydroxyl groups is 1. The summed E-state index contributed by atoms with van der Waals surface area (Å²) in [6.45, 7) is 3.50. The second-order valence-electron chi connectivity index (χ2n) is 3.32. The van der Waals surface area contributed by atoms with Crippen molar-refractivity contribution >= 4 is 11.6 Å². The van der Waals surface area contributed by atoms with Crippen LogP contribution >= 0.6 is 11.6 Å². The Balaban J connectivity index is 3.44. The first-order valence-electron chi connectivity index (χ1n) is 4.62. The van der Waals surface area contributed by atoms with Crippen molar-refractivity contribution in [2.24, 2.45) is 0 Å². The number of halogens is 1. The molecule has 1 unspecified atom stereocenters. The fraction of sp³-hybridized carbons (Fsp3) is 0.455. The summed E-state index contributed by atoms with van der Waals surface area (Å²) in [4.78, 5) is 0. The molecule has 0 aliphatic carbocycles. The van der Waals surface area contributed by atoms with Gasteiger partial charge in [0.1, 0.15) is 11.5 Å². The highest BCUT2D eigenvalue weighted by molar-refractivity contribution is 6.33. The molecule has 0 saturated carbocycles. The van der Waals surface area contributed by atoms with Gasteiger partial charge in [-0.05, 0) is 19.9 Å². The summed E-state index contributed by atoms with van der Waals surface area (Å²) in [5, 5.41) is 10.1. The maximum atomic E-state index is 9.58. The van der Waals surface area contributed by atoms with Crippen molar-refractivity contribution in [1.82, 2.24) is 0 Å². The number of ether oxygens (including phenoxy) is 2. The molecule has 0 bridgehead atoms. The summed E-state index contributed by atoms with van der Waals surface area (Å²) < 4.78 is 10.3. The molecule has 0 radical (unpaired) electrons. The molecule has 0 aliphatic rings. The Bertz CT molecular complexity index is 361. The predicted molar refractivity (Wildman–Crippen MR) is 59.9 cm³/mol. The third-order valence-electron chi connectivity index (χ3n) is 2.32. The molecule has 0 spiro atoms. The van der Waals surface area contributed by atoms with Gasteiger partial charge < -0.3 is 14.6 Å². The molecule has 0 aliphatic heterocycles. The molecule has 84 valence electrons. The molecule has 15 heavy (non-hydrogen) atoms. The van der Waals surface area contributed by atoms with E-state index < -0.39 is 6.10 Å². The molecule has 1 N–H and O–H groups in total. The van der Waals surface area contributed by atoms with E-state index in [1.807, 2.05) is 6.92 Å². The Hall–Kier alpha value is -0.930. The molecular formula is C11H15ClO3. The summed E-state index contributed by atoms with van der Waals surface area (Å²) in [5.74, 6) is 1.15. The molecule has 3 nitrogen and oxygen atoms in total. The van der Waals surface area contributed by atoms with Crippen molar-refractivity contribution in [1.29, 1.82) is 0 Å². The fourth-order valence-electron chi connectivity index (χ4n) is 1.45. The lowest BCUT2D eigenvalue weighted by atomic mass is 10.1. The zero-order valence-electron chi connectivity index (χ0n) is 9.30. The van der Waals surface area contributed by atoms with E-state index >= 15 is 0 Å². The van der Waals surface area contributed by atoms with Crippen molar-refractivity contribution < 1.29 is 14.6 Å². The lowest BCUT2D eigenvalue weighted by molar-refractivity contribution is 0.193. The van der Waals surface area contributed by atoms with E-state index in [-0.39, 0.29) is 0 Å². The van der Waals surface area contributed by atoms with Gasteiger partial charge in [-0.3, -0.25) is 0 Å². The van der Waals surface area contributed by atoms with Crippen LogP contribution in [0.15, 0.2) is 6.07 Å². The van der Waals surface area contributed by atoms with Gasteiger partial charge in [0.05, 0.1) is 25.3 Å². The van der Waals surface area contributed by atoms with Gasteiger partial charge in [0, 0.05) is 11.1 Å². The van der Waals surface area contributed by atoms with E-state index in [9.17, 15) is 5.11 Å². The number of methoxy groups -OCH3 is 2. The van der Waals surface area contributed by atoms with Gasteiger partial charge in [-0.1, -0.05) is 11.6 Å². The van der Waals surface area contributed by atoms with Crippen LogP contribution < -0.4 is 9.47 Å². The average Bonchev–Trinajstić information content (AvgIpc) is 2.21. The topological polar surface area (TPSA) is 38.7 Å². The molecule has 0 fully saturated rings. The Morgan fingerprint density at radius 2 is 1.93 bits per heavy atom. The molecule has 1 atom stereocenters. The van der Waals surface area contributed by atoms with Crippen LogP contribution in [0, 0.1) is 6.92 Å². The lowest BCUT2D eigenvalue weighted by Crippen LogP contribution is -2.00. The van der Waals surface area contributed by atoms with Gasteiger partial charge in [-0.25, -0.2) is 0 Å². The fourth-order valence-corrected chi connectivity index (χ4v) is 1.73. The molecule has 0 aromatic heterocycles. The predicted octanol–water partition coefficient (Wildman–Crippen LogP) is 2.72. The first-order valence-corrected chi connectivity index (χ1v) is 4.99. The van der Waals surface area contributed by atoms with E-state index in [0.29, 0.717) is 22.1 Å². The first-order chi connectivity index (χ1) is 7.02. The van der Waals surface area contributed by atoms with Crippen LogP contribution in [0.2, 0.25) is 5.02 Å². The molecule has 4 heteroatoms. The summed E-state index contributed by atoms with van der Waals surface area (Å²) in [7, 11) is 3.09. The van der Waals surface area contributed by atoms with E-state index in [4.69, 9.17) is 21.1 Å². The quantitative estimate of drug-likeness (QED) is 0.868. The van der Waals surface area contributed by atoms with Crippen molar-refractivity contribution in [3.63, 3.8) is 0 Å². The van der Waals surface area contributed by atoms with E-state index in [1.54, 1.807) is 20.1 Å². The summed E-state index contributed by atoms with van der Waals surface area (Å²) in [6, 6.07) is 1.74. The maximum absolute atomic E-state index is 9.58. The molecule has 1 aromatic rings. The lowest BCUT2D eigenvalue weighted by Gasteiger charge is -2.16. The van der Waals surface area contributed by atoms with Gasteiger partial charge in [0.15, 0.2) is 0 Å². The monoisotopic (exact) mass is 230 g/mol. The second-order valence-corrected chi connectivity index (χ2v) is 3.69. The van der Waals surface area contributed by atoms with Crippen molar-refractivity contribution in [3.05, 3.63) is 22.2 Å². The van der Waals surface area contributed by atoms with E-state index in [2.05, 4.69) is 0 Å². The zero-order chi connectivity index (χ0) is 11.6. The van der Waals surface area contributed by atoms with Gasteiger partial charge in [0.2, 0.25) is 0 Å². The summed E-state index contributed by atoms with van der Waals surface area (Å²) in [5.41, 5.74) is 1.44. The first kappa shape index (κ1) is 12.1. The third-order valence-corrected chi connectivity index (χ3v) is 2.78. The normalized spacial score (nSPS) is 12.4. The number of benzene rings is 1. The largest absolute Gasteiger partial charge is 0.496 e. The highest BCUT2D eigenvalue weighted by Crippen LogP contribution is 2.40. The van der Waals surface area contributed by atoms with Crippen molar-refractivity contribution in [2.75, 3.05) is 14.2 Å². The third kappa shape index (κ3) is 2.19. The van der Waals surface area contributed by atoms with Crippen LogP contribution in [0.25, 0.3) is 0 Å². The van der Waals surface area contributed by atoms with E-state index in [1.165, 1.54) is 7.11 Å². The minimum Gasteiger partial charge on any atom is -0.496 e. The number of hydrogen-bond donors (Lipinski definition) is 1. The van der Waals surface area contributed by atoms with Gasteiger partial charge in [0.25, 0.3) is 0 Å². The minimum atomic E-state index is -0.646. The molecule has 0 heterocycles. The Labute approximate surface area is 94.6 Å². The highest BCUT2D eigenvalue weighted by Gasteiger charge is 2.17. The van der Waals surface area contributed by atoms with Gasteiger partial charge >= 0.3 is 0 Å². The molecular weight excluding hydrogens is 216 g/mol. The Morgan fingerprint density at radius 3 is 2.33 bits per heavy atom. The van der Waals surface area contributed by atoms with Crippen LogP contribution in [-0.4, -0.2) is 19.3 Å². The SMILES string of the molecule is COc1cc(C(C)O)c(OC)c(Cl)c1C. The Morgan fingerprint density at radius 1 is 1.33 bits per heavy atom. The van der Waals surface area contributed by atoms with Crippen molar-refractivity contribution in [2.45, 2.75) is 20.0 Å². The summed E-state index contributed by atoms with van der Waals surface area (Å²) >= 11 is 6.11. The number of hydrogen-bond acceptors (Lipinski definition) is 3. The molecule has 1 rings (SSSR count). The molecule has 0 amide bonds. The van der Waals surface area contributed by atoms with Crippen LogP contribution in [-0.2, 0) is 0 Å². The van der Waals surface area contributed by atoms with Gasteiger partial charge in [-0.15, -0.1) is 0 Å². The van der Waals surface area contributed by atoms with Crippen LogP contribution in [0.3, 0.4) is 0 Å². The number of rotatable bonds is 3. The summed E-state index contributed by atoms with van der Waals surface area (Å²) in [6.07, 6.45) is -0.646.